The molecular formula is C21H24ClN3O4. The van der Waals surface area contributed by atoms with Crippen LogP contribution in [0, 0.1) is 0 Å². The summed E-state index contributed by atoms with van der Waals surface area (Å²) in [5.74, 6) is -0.163. The van der Waals surface area contributed by atoms with E-state index < -0.39 is 6.04 Å². The molecule has 1 atom stereocenters. The molecule has 0 spiro atoms. The Hall–Kier alpha value is -3.06. The Morgan fingerprint density at radius 2 is 1.66 bits per heavy atom. The number of anilines is 1. The van der Waals surface area contributed by atoms with Crippen molar-refractivity contribution >= 4 is 35.0 Å². The Kier molecular flexibility index (Phi) is 8.48. The third-order valence-electron chi connectivity index (χ3n) is 3.92. The highest BCUT2D eigenvalue weighted by Gasteiger charge is 2.17. The van der Waals surface area contributed by atoms with Gasteiger partial charge in [-0.25, -0.2) is 0 Å². The van der Waals surface area contributed by atoms with E-state index in [0.29, 0.717) is 23.0 Å². The van der Waals surface area contributed by atoms with Crippen molar-refractivity contribution in [3.05, 3.63) is 59.1 Å². The molecule has 154 valence electrons. The third kappa shape index (κ3) is 7.83. The molecule has 0 radical (unpaired) electrons. The lowest BCUT2D eigenvalue weighted by Crippen LogP contribution is -2.29. The van der Waals surface area contributed by atoms with Gasteiger partial charge in [0.1, 0.15) is 5.75 Å². The van der Waals surface area contributed by atoms with Crippen LogP contribution in [0.1, 0.15) is 31.9 Å². The first-order valence-corrected chi connectivity index (χ1v) is 9.57. The minimum atomic E-state index is -0.468. The molecule has 2 rings (SSSR count). The number of rotatable bonds is 9. The van der Waals surface area contributed by atoms with E-state index in [9.17, 15) is 14.4 Å². The largest absolute Gasteiger partial charge is 0.484 e. The van der Waals surface area contributed by atoms with Crippen LogP contribution in [-0.4, -0.2) is 30.9 Å². The van der Waals surface area contributed by atoms with Gasteiger partial charge in [-0.3, -0.25) is 14.4 Å². The van der Waals surface area contributed by atoms with Gasteiger partial charge < -0.3 is 20.7 Å². The van der Waals surface area contributed by atoms with Gasteiger partial charge in [-0.2, -0.15) is 0 Å². The van der Waals surface area contributed by atoms with E-state index in [1.165, 1.54) is 6.92 Å². The summed E-state index contributed by atoms with van der Waals surface area (Å²) in [4.78, 5) is 35.4. The van der Waals surface area contributed by atoms with Crippen LogP contribution >= 0.6 is 11.6 Å². The fraction of sp³-hybridized carbons (Fsp3) is 0.286. The number of halogens is 1. The number of hydrogen-bond acceptors (Lipinski definition) is 4. The first-order valence-electron chi connectivity index (χ1n) is 9.19. The summed E-state index contributed by atoms with van der Waals surface area (Å²) < 4.78 is 5.37. The van der Waals surface area contributed by atoms with Gasteiger partial charge in [-0.15, -0.1) is 0 Å². The van der Waals surface area contributed by atoms with Crippen LogP contribution in [0.4, 0.5) is 5.69 Å². The topological polar surface area (TPSA) is 96.5 Å². The van der Waals surface area contributed by atoms with Crippen LogP contribution in [0.25, 0.3) is 0 Å². The van der Waals surface area contributed by atoms with Crippen LogP contribution in [0.3, 0.4) is 0 Å². The maximum atomic E-state index is 12.4. The molecule has 3 amide bonds. The molecule has 0 fully saturated rings. The zero-order valence-corrected chi connectivity index (χ0v) is 17.1. The van der Waals surface area contributed by atoms with Gasteiger partial charge in [-0.1, -0.05) is 23.7 Å². The fourth-order valence-electron chi connectivity index (χ4n) is 2.62. The maximum Gasteiger partial charge on any atom is 0.257 e. The average Bonchev–Trinajstić information content (AvgIpc) is 2.67. The first-order chi connectivity index (χ1) is 13.9. The highest BCUT2D eigenvalue weighted by atomic mass is 35.5. The lowest BCUT2D eigenvalue weighted by Gasteiger charge is -2.18. The molecule has 29 heavy (non-hydrogen) atoms. The fourth-order valence-corrected chi connectivity index (χ4v) is 2.75. The second kappa shape index (κ2) is 11.1. The first kappa shape index (κ1) is 22.2. The molecule has 0 saturated carbocycles. The highest BCUT2D eigenvalue weighted by Crippen LogP contribution is 2.21. The predicted molar refractivity (Wildman–Crippen MR) is 112 cm³/mol. The van der Waals surface area contributed by atoms with Crippen LogP contribution in [0.5, 0.6) is 5.75 Å². The normalized spacial score (nSPS) is 11.3. The number of amides is 3. The minimum absolute atomic E-state index is 0.0661. The standard InChI is InChI=1S/C21H24ClN3O4/c1-3-23-21(28)13-29-18-10-8-17(9-11-18)25-20(27)12-19(24-14(2)26)15-4-6-16(22)7-5-15/h4-11,19H,3,12-13H2,1-2H3,(H,23,28)(H,24,26)(H,25,27). The molecular weight excluding hydrogens is 394 g/mol. The molecule has 0 aliphatic rings. The Labute approximate surface area is 174 Å². The van der Waals surface area contributed by atoms with Gasteiger partial charge in [0.2, 0.25) is 11.8 Å². The van der Waals surface area contributed by atoms with Crippen molar-refractivity contribution < 1.29 is 19.1 Å². The summed E-state index contributed by atoms with van der Waals surface area (Å²) in [6, 6.07) is 13.2. The second-order valence-corrected chi connectivity index (χ2v) is 6.76. The van der Waals surface area contributed by atoms with Crippen molar-refractivity contribution in [3.63, 3.8) is 0 Å². The number of nitrogens with one attached hydrogen (secondary N) is 3. The number of carbonyl (C=O) groups is 3. The molecule has 2 aromatic rings. The number of likely N-dealkylation sites (N-methyl/N-ethyl adjacent to an activating group) is 1. The number of ether oxygens (including phenoxy) is 1. The SMILES string of the molecule is CCNC(=O)COc1ccc(NC(=O)CC(NC(C)=O)c2ccc(Cl)cc2)cc1. The molecule has 0 aliphatic heterocycles. The van der Waals surface area contributed by atoms with Crippen molar-refractivity contribution in [3.8, 4) is 5.75 Å². The summed E-state index contributed by atoms with van der Waals surface area (Å²) in [5.41, 5.74) is 1.37. The van der Waals surface area contributed by atoms with E-state index in [0.717, 1.165) is 5.56 Å². The third-order valence-corrected chi connectivity index (χ3v) is 4.17. The van der Waals surface area contributed by atoms with Crippen LogP contribution in [0.15, 0.2) is 48.5 Å². The van der Waals surface area contributed by atoms with E-state index in [2.05, 4.69) is 16.0 Å². The van der Waals surface area contributed by atoms with E-state index in [1.807, 2.05) is 6.92 Å². The van der Waals surface area contributed by atoms with Crippen LogP contribution < -0.4 is 20.7 Å². The summed E-state index contributed by atoms with van der Waals surface area (Å²) in [6.07, 6.45) is 0.0661. The van der Waals surface area contributed by atoms with Crippen molar-refractivity contribution in [2.45, 2.75) is 26.3 Å². The van der Waals surface area contributed by atoms with Gasteiger partial charge >= 0.3 is 0 Å². The summed E-state index contributed by atoms with van der Waals surface area (Å²) in [5, 5.41) is 8.79. The Morgan fingerprint density at radius 1 is 1.00 bits per heavy atom. The molecule has 3 N–H and O–H groups in total. The molecule has 0 aliphatic carbocycles. The quantitative estimate of drug-likeness (QED) is 0.584. The second-order valence-electron chi connectivity index (χ2n) is 6.32. The van der Waals surface area contributed by atoms with E-state index in [1.54, 1.807) is 48.5 Å². The maximum absolute atomic E-state index is 12.4. The average molecular weight is 418 g/mol. The van der Waals surface area contributed by atoms with Gasteiger partial charge in [0.15, 0.2) is 6.61 Å². The number of benzene rings is 2. The summed E-state index contributed by atoms with van der Waals surface area (Å²) >= 11 is 5.90. The van der Waals surface area contributed by atoms with Crippen molar-refractivity contribution in [1.82, 2.24) is 10.6 Å². The Balaban J connectivity index is 1.94. The predicted octanol–water partition coefficient (Wildman–Crippen LogP) is 3.06. The molecule has 1 unspecified atom stereocenters. The lowest BCUT2D eigenvalue weighted by atomic mass is 10.0. The Bertz CT molecular complexity index is 838. The van der Waals surface area contributed by atoms with Crippen molar-refractivity contribution in [1.29, 1.82) is 0 Å². The highest BCUT2D eigenvalue weighted by molar-refractivity contribution is 6.30. The van der Waals surface area contributed by atoms with Crippen LogP contribution in [0.2, 0.25) is 5.02 Å². The van der Waals surface area contributed by atoms with E-state index in [-0.39, 0.29) is 30.7 Å². The summed E-state index contributed by atoms with van der Waals surface area (Å²) in [7, 11) is 0. The van der Waals surface area contributed by atoms with Crippen LogP contribution in [-0.2, 0) is 14.4 Å². The molecule has 0 aromatic heterocycles. The van der Waals surface area contributed by atoms with Crippen molar-refractivity contribution in [2.24, 2.45) is 0 Å². The van der Waals surface area contributed by atoms with Gasteiger partial charge in [0, 0.05) is 24.2 Å². The molecule has 0 saturated heterocycles. The smallest absolute Gasteiger partial charge is 0.257 e. The van der Waals surface area contributed by atoms with Crippen molar-refractivity contribution in [2.75, 3.05) is 18.5 Å². The Morgan fingerprint density at radius 3 is 2.24 bits per heavy atom. The zero-order valence-electron chi connectivity index (χ0n) is 16.3. The molecule has 8 heteroatoms. The van der Waals surface area contributed by atoms with Gasteiger partial charge in [-0.05, 0) is 48.9 Å². The zero-order chi connectivity index (χ0) is 21.2. The number of carbonyl (C=O) groups excluding carboxylic acids is 3. The molecule has 2 aromatic carbocycles. The monoisotopic (exact) mass is 417 g/mol. The molecule has 7 nitrogen and oxygen atoms in total. The molecule has 0 bridgehead atoms. The van der Waals surface area contributed by atoms with E-state index in [4.69, 9.17) is 16.3 Å². The summed E-state index contributed by atoms with van der Waals surface area (Å²) in [6.45, 7) is 3.71. The van der Waals surface area contributed by atoms with Gasteiger partial charge in [0.05, 0.1) is 12.5 Å². The number of hydrogen-bond donors (Lipinski definition) is 3. The minimum Gasteiger partial charge on any atom is -0.484 e. The van der Waals surface area contributed by atoms with Gasteiger partial charge in [0.25, 0.3) is 5.91 Å². The van der Waals surface area contributed by atoms with E-state index >= 15 is 0 Å². The lowest BCUT2D eigenvalue weighted by molar-refractivity contribution is -0.123. The molecule has 0 heterocycles.